The predicted octanol–water partition coefficient (Wildman–Crippen LogP) is 0.675. The minimum absolute atomic E-state index is 0.0600. The van der Waals surface area contributed by atoms with E-state index in [0.29, 0.717) is 5.56 Å². The van der Waals surface area contributed by atoms with Gasteiger partial charge in [0.1, 0.15) is 6.26 Å². The zero-order valence-electron chi connectivity index (χ0n) is 9.44. The van der Waals surface area contributed by atoms with Crippen LogP contribution < -0.4 is 10.9 Å². The average Bonchev–Trinajstić information content (AvgIpc) is 2.79. The van der Waals surface area contributed by atoms with Crippen molar-refractivity contribution in [3.8, 4) is 0 Å². The van der Waals surface area contributed by atoms with Crippen molar-refractivity contribution in [2.75, 3.05) is 6.61 Å². The molecule has 0 spiro atoms. The number of aliphatic hydroxyl groups excluding tert-OH is 1. The van der Waals surface area contributed by atoms with Crippen LogP contribution in [0.1, 0.15) is 36.0 Å². The summed E-state index contributed by atoms with van der Waals surface area (Å²) in [7, 11) is 0. The van der Waals surface area contributed by atoms with E-state index in [1.54, 1.807) is 0 Å². The molecule has 1 aliphatic rings. The van der Waals surface area contributed by atoms with Gasteiger partial charge in [0.05, 0.1) is 17.7 Å². The fourth-order valence-electron chi connectivity index (χ4n) is 2.17. The average molecular weight is 237 g/mol. The lowest BCUT2D eigenvalue weighted by Gasteiger charge is -2.27. The van der Waals surface area contributed by atoms with E-state index >= 15 is 0 Å². The quantitative estimate of drug-likeness (QED) is 0.810. The van der Waals surface area contributed by atoms with E-state index in [2.05, 4.69) is 9.73 Å². The maximum absolute atomic E-state index is 11.9. The minimum Gasteiger partial charge on any atom is -0.430 e. The maximum Gasteiger partial charge on any atom is 0.335 e. The highest BCUT2D eigenvalue weighted by Crippen LogP contribution is 2.29. The number of aliphatic hydroxyl groups is 1. The number of amides is 1. The third-order valence-electron chi connectivity index (χ3n) is 3.21. The van der Waals surface area contributed by atoms with Gasteiger partial charge >= 0.3 is 5.63 Å². The van der Waals surface area contributed by atoms with Crippen LogP contribution in [-0.2, 0) is 0 Å². The van der Waals surface area contributed by atoms with E-state index in [-0.39, 0.29) is 12.5 Å². The van der Waals surface area contributed by atoms with E-state index in [0.717, 1.165) is 31.9 Å². The van der Waals surface area contributed by atoms with Crippen molar-refractivity contribution >= 4 is 5.91 Å². The summed E-state index contributed by atoms with van der Waals surface area (Å²) in [4.78, 5) is 22.7. The van der Waals surface area contributed by atoms with Crippen molar-refractivity contribution in [2.45, 2.75) is 31.2 Å². The molecule has 0 aliphatic heterocycles. The molecule has 0 bridgehead atoms. The number of carbonyl (C=O) groups excluding carboxylic acids is 1. The largest absolute Gasteiger partial charge is 0.430 e. The first-order chi connectivity index (χ1) is 8.15. The highest BCUT2D eigenvalue weighted by molar-refractivity contribution is 5.94. The Morgan fingerprint density at radius 2 is 2.12 bits per heavy atom. The number of carbonyl (C=O) groups is 1. The lowest BCUT2D eigenvalue weighted by molar-refractivity contribution is 0.0836. The Bertz CT molecular complexity index is 439. The molecule has 92 valence electrons. The smallest absolute Gasteiger partial charge is 0.335 e. The van der Waals surface area contributed by atoms with Gasteiger partial charge in [-0.15, -0.1) is 0 Å². The molecule has 0 aromatic carbocycles. The second kappa shape index (κ2) is 4.71. The molecule has 1 aliphatic carbocycles. The second-order valence-corrected chi connectivity index (χ2v) is 4.44. The standard InChI is InChI=1S/C12H15NO4/c14-8-12(5-1-2-6-12)13-11(16)9-3-4-10(15)17-7-9/h3-4,7,14H,1-2,5-6,8H2,(H,13,16). The topological polar surface area (TPSA) is 79.5 Å². The van der Waals surface area contributed by atoms with E-state index in [9.17, 15) is 14.7 Å². The normalized spacial score (nSPS) is 17.9. The van der Waals surface area contributed by atoms with Crippen LogP contribution in [0.5, 0.6) is 0 Å². The molecule has 1 amide bonds. The van der Waals surface area contributed by atoms with E-state index < -0.39 is 11.2 Å². The zero-order valence-corrected chi connectivity index (χ0v) is 9.44. The minimum atomic E-state index is -0.507. The van der Waals surface area contributed by atoms with Crippen LogP contribution in [-0.4, -0.2) is 23.2 Å². The first-order valence-corrected chi connectivity index (χ1v) is 5.67. The van der Waals surface area contributed by atoms with Crippen LogP contribution in [0.3, 0.4) is 0 Å². The van der Waals surface area contributed by atoms with Gasteiger partial charge in [-0.05, 0) is 18.9 Å². The molecule has 1 aromatic heterocycles. The van der Waals surface area contributed by atoms with Gasteiger partial charge in [0.25, 0.3) is 5.91 Å². The zero-order chi connectivity index (χ0) is 12.3. The van der Waals surface area contributed by atoms with Crippen LogP contribution in [0, 0.1) is 0 Å². The van der Waals surface area contributed by atoms with Gasteiger partial charge in [0.15, 0.2) is 0 Å². The van der Waals surface area contributed by atoms with Gasteiger partial charge in [-0.1, -0.05) is 12.8 Å². The molecule has 1 fully saturated rings. The summed E-state index contributed by atoms with van der Waals surface area (Å²) < 4.78 is 4.63. The Kier molecular flexibility index (Phi) is 3.28. The molecule has 1 saturated carbocycles. The van der Waals surface area contributed by atoms with Crippen molar-refractivity contribution < 1.29 is 14.3 Å². The van der Waals surface area contributed by atoms with Crippen LogP contribution in [0.4, 0.5) is 0 Å². The Labute approximate surface area is 98.5 Å². The first-order valence-electron chi connectivity index (χ1n) is 5.67. The molecule has 0 unspecified atom stereocenters. The summed E-state index contributed by atoms with van der Waals surface area (Å²) in [5.74, 6) is -0.315. The van der Waals surface area contributed by atoms with Gasteiger partial charge < -0.3 is 14.8 Å². The molecule has 2 N–H and O–H groups in total. The predicted molar refractivity (Wildman–Crippen MR) is 60.7 cm³/mol. The Balaban J connectivity index is 2.10. The second-order valence-electron chi connectivity index (χ2n) is 4.44. The molecule has 0 radical (unpaired) electrons. The highest BCUT2D eigenvalue weighted by atomic mass is 16.4. The van der Waals surface area contributed by atoms with Crippen molar-refractivity contribution in [3.05, 3.63) is 34.4 Å². The Morgan fingerprint density at radius 3 is 2.65 bits per heavy atom. The van der Waals surface area contributed by atoms with Crippen LogP contribution >= 0.6 is 0 Å². The molecular formula is C12H15NO4. The van der Waals surface area contributed by atoms with Gasteiger partial charge in [-0.2, -0.15) is 0 Å². The lowest BCUT2D eigenvalue weighted by Crippen LogP contribution is -2.49. The highest BCUT2D eigenvalue weighted by Gasteiger charge is 2.34. The van der Waals surface area contributed by atoms with E-state index in [4.69, 9.17) is 0 Å². The number of hydrogen-bond acceptors (Lipinski definition) is 4. The Morgan fingerprint density at radius 1 is 1.41 bits per heavy atom. The van der Waals surface area contributed by atoms with Crippen LogP contribution in [0.2, 0.25) is 0 Å². The molecule has 1 aromatic rings. The maximum atomic E-state index is 11.9. The van der Waals surface area contributed by atoms with Crippen molar-refractivity contribution in [1.82, 2.24) is 5.32 Å². The molecule has 2 rings (SSSR count). The van der Waals surface area contributed by atoms with Crippen molar-refractivity contribution in [3.63, 3.8) is 0 Å². The monoisotopic (exact) mass is 237 g/mol. The Hall–Kier alpha value is -1.62. The third kappa shape index (κ3) is 2.55. The summed E-state index contributed by atoms with van der Waals surface area (Å²) in [6, 6.07) is 2.62. The summed E-state index contributed by atoms with van der Waals surface area (Å²) in [6.07, 6.45) is 4.71. The molecule has 17 heavy (non-hydrogen) atoms. The summed E-state index contributed by atoms with van der Waals surface area (Å²) in [5.41, 5.74) is -0.698. The van der Waals surface area contributed by atoms with E-state index in [1.165, 1.54) is 12.1 Å². The van der Waals surface area contributed by atoms with Crippen molar-refractivity contribution in [2.24, 2.45) is 0 Å². The number of rotatable bonds is 3. The molecule has 0 atom stereocenters. The summed E-state index contributed by atoms with van der Waals surface area (Å²) in [5, 5.41) is 12.2. The molecular weight excluding hydrogens is 222 g/mol. The first kappa shape index (κ1) is 11.9. The van der Waals surface area contributed by atoms with Gasteiger partial charge in [0.2, 0.25) is 0 Å². The third-order valence-corrected chi connectivity index (χ3v) is 3.21. The summed E-state index contributed by atoms with van der Waals surface area (Å²) >= 11 is 0. The fourth-order valence-corrected chi connectivity index (χ4v) is 2.17. The fraction of sp³-hybridized carbons (Fsp3) is 0.500. The number of hydrogen-bond donors (Lipinski definition) is 2. The molecule has 0 saturated heterocycles. The van der Waals surface area contributed by atoms with Crippen LogP contribution in [0.15, 0.2) is 27.6 Å². The molecule has 5 heteroatoms. The van der Waals surface area contributed by atoms with Crippen LogP contribution in [0.25, 0.3) is 0 Å². The lowest BCUT2D eigenvalue weighted by atomic mass is 9.98. The number of nitrogens with one attached hydrogen (secondary N) is 1. The van der Waals surface area contributed by atoms with Gasteiger partial charge in [0, 0.05) is 6.07 Å². The van der Waals surface area contributed by atoms with Crippen molar-refractivity contribution in [1.29, 1.82) is 0 Å². The molecule has 1 heterocycles. The van der Waals surface area contributed by atoms with Gasteiger partial charge in [-0.3, -0.25) is 4.79 Å². The summed E-state index contributed by atoms with van der Waals surface area (Å²) in [6.45, 7) is -0.0600. The van der Waals surface area contributed by atoms with Gasteiger partial charge in [-0.25, -0.2) is 4.79 Å². The SMILES string of the molecule is O=C(NC1(CO)CCCC1)c1ccc(=O)oc1. The molecule has 5 nitrogen and oxygen atoms in total. The van der Waals surface area contributed by atoms with E-state index in [1.807, 2.05) is 0 Å².